The van der Waals surface area contributed by atoms with Crippen LogP contribution in [0.1, 0.15) is 30.1 Å². The van der Waals surface area contributed by atoms with Crippen molar-refractivity contribution in [2.24, 2.45) is 0 Å². The number of carbonyl (C=O) groups excluding carboxylic acids is 2. The SMILES string of the molecule is CCOc1c(Br)cc(C(=O)N2CCCC2C(=O)Nc2ccccc2)cc1OC. The largest absolute Gasteiger partial charge is 0.493 e. The van der Waals surface area contributed by atoms with Gasteiger partial charge in [-0.05, 0) is 60.0 Å². The fourth-order valence-corrected chi connectivity index (χ4v) is 3.88. The van der Waals surface area contributed by atoms with Crippen molar-refractivity contribution in [1.82, 2.24) is 4.90 Å². The maximum atomic E-state index is 13.1. The summed E-state index contributed by atoms with van der Waals surface area (Å²) in [5.74, 6) is 0.659. The third-order valence-corrected chi connectivity index (χ3v) is 5.21. The van der Waals surface area contributed by atoms with Crippen LogP contribution < -0.4 is 14.8 Å². The first-order chi connectivity index (χ1) is 13.5. The summed E-state index contributed by atoms with van der Waals surface area (Å²) in [6, 6.07) is 12.1. The van der Waals surface area contributed by atoms with E-state index in [-0.39, 0.29) is 11.8 Å². The van der Waals surface area contributed by atoms with Crippen molar-refractivity contribution in [3.63, 3.8) is 0 Å². The first kappa shape index (κ1) is 20.2. The predicted octanol–water partition coefficient (Wildman–Crippen LogP) is 4.10. The molecule has 2 aromatic carbocycles. The Balaban J connectivity index is 1.81. The van der Waals surface area contributed by atoms with Gasteiger partial charge in [-0.2, -0.15) is 0 Å². The lowest BCUT2D eigenvalue weighted by Crippen LogP contribution is -2.43. The van der Waals surface area contributed by atoms with Crippen LogP contribution in [0.4, 0.5) is 5.69 Å². The van der Waals surface area contributed by atoms with Crippen LogP contribution in [-0.4, -0.2) is 43.0 Å². The zero-order valence-corrected chi connectivity index (χ0v) is 17.5. The number of para-hydroxylation sites is 1. The molecule has 1 heterocycles. The van der Waals surface area contributed by atoms with Crippen LogP contribution >= 0.6 is 15.9 Å². The first-order valence-corrected chi connectivity index (χ1v) is 10.0. The third kappa shape index (κ3) is 4.30. The molecule has 1 aliphatic rings. The minimum Gasteiger partial charge on any atom is -0.493 e. The van der Waals surface area contributed by atoms with Crippen molar-refractivity contribution in [2.75, 3.05) is 25.6 Å². The average molecular weight is 447 g/mol. The molecule has 148 valence electrons. The number of hydrogen-bond acceptors (Lipinski definition) is 4. The van der Waals surface area contributed by atoms with E-state index in [2.05, 4.69) is 21.2 Å². The summed E-state index contributed by atoms with van der Waals surface area (Å²) in [5.41, 5.74) is 1.17. The predicted molar refractivity (Wildman–Crippen MR) is 111 cm³/mol. The molecule has 0 aromatic heterocycles. The second-order valence-corrected chi connectivity index (χ2v) is 7.29. The van der Waals surface area contributed by atoms with E-state index in [0.29, 0.717) is 41.1 Å². The number of rotatable bonds is 6. The summed E-state index contributed by atoms with van der Waals surface area (Å²) in [6.45, 7) is 2.90. The van der Waals surface area contributed by atoms with E-state index >= 15 is 0 Å². The van der Waals surface area contributed by atoms with Gasteiger partial charge in [-0.25, -0.2) is 0 Å². The van der Waals surface area contributed by atoms with Crippen LogP contribution in [0, 0.1) is 0 Å². The summed E-state index contributed by atoms with van der Waals surface area (Å²) in [6.07, 6.45) is 1.42. The van der Waals surface area contributed by atoms with Gasteiger partial charge in [0.15, 0.2) is 11.5 Å². The highest BCUT2D eigenvalue weighted by molar-refractivity contribution is 9.10. The highest BCUT2D eigenvalue weighted by Gasteiger charge is 2.35. The molecule has 3 rings (SSSR count). The minimum absolute atomic E-state index is 0.172. The Kier molecular flexibility index (Phi) is 6.57. The van der Waals surface area contributed by atoms with Crippen molar-refractivity contribution in [3.8, 4) is 11.5 Å². The minimum atomic E-state index is -0.496. The number of methoxy groups -OCH3 is 1. The average Bonchev–Trinajstić information content (AvgIpc) is 3.19. The van der Waals surface area contributed by atoms with E-state index in [1.807, 2.05) is 37.3 Å². The van der Waals surface area contributed by atoms with Crippen LogP contribution in [-0.2, 0) is 4.79 Å². The number of ether oxygens (including phenoxy) is 2. The highest BCUT2D eigenvalue weighted by atomic mass is 79.9. The van der Waals surface area contributed by atoms with Gasteiger partial charge < -0.3 is 19.7 Å². The molecule has 0 bridgehead atoms. The van der Waals surface area contributed by atoms with Crippen LogP contribution in [0.5, 0.6) is 11.5 Å². The molecule has 1 saturated heterocycles. The van der Waals surface area contributed by atoms with Gasteiger partial charge in [0.2, 0.25) is 5.91 Å². The molecule has 1 N–H and O–H groups in total. The number of anilines is 1. The summed E-state index contributed by atoms with van der Waals surface area (Å²) in [4.78, 5) is 27.5. The summed E-state index contributed by atoms with van der Waals surface area (Å²) in [5, 5.41) is 2.89. The highest BCUT2D eigenvalue weighted by Crippen LogP contribution is 2.37. The molecule has 1 atom stereocenters. The number of nitrogens with one attached hydrogen (secondary N) is 1. The Morgan fingerprint density at radius 1 is 1.25 bits per heavy atom. The molecule has 1 fully saturated rings. The Morgan fingerprint density at radius 2 is 2.00 bits per heavy atom. The summed E-state index contributed by atoms with van der Waals surface area (Å²) in [7, 11) is 1.53. The van der Waals surface area contributed by atoms with E-state index in [1.165, 1.54) is 7.11 Å². The van der Waals surface area contributed by atoms with Gasteiger partial charge >= 0.3 is 0 Å². The first-order valence-electron chi connectivity index (χ1n) is 9.22. The molecule has 0 saturated carbocycles. The molecule has 28 heavy (non-hydrogen) atoms. The van der Waals surface area contributed by atoms with Crippen molar-refractivity contribution in [2.45, 2.75) is 25.8 Å². The second kappa shape index (κ2) is 9.10. The molecule has 0 spiro atoms. The van der Waals surface area contributed by atoms with Crippen molar-refractivity contribution < 1.29 is 19.1 Å². The van der Waals surface area contributed by atoms with Crippen LogP contribution in [0.25, 0.3) is 0 Å². The fraction of sp³-hybridized carbons (Fsp3) is 0.333. The zero-order valence-electron chi connectivity index (χ0n) is 15.9. The van der Waals surface area contributed by atoms with E-state index in [0.717, 1.165) is 12.1 Å². The Hall–Kier alpha value is -2.54. The van der Waals surface area contributed by atoms with Gasteiger partial charge in [0, 0.05) is 17.8 Å². The van der Waals surface area contributed by atoms with E-state index in [4.69, 9.17) is 9.47 Å². The lowest BCUT2D eigenvalue weighted by molar-refractivity contribution is -0.119. The number of carbonyl (C=O) groups is 2. The monoisotopic (exact) mass is 446 g/mol. The van der Waals surface area contributed by atoms with E-state index in [1.54, 1.807) is 17.0 Å². The number of benzene rings is 2. The zero-order chi connectivity index (χ0) is 20.1. The molecular formula is C21H23BrN2O4. The molecular weight excluding hydrogens is 424 g/mol. The lowest BCUT2D eigenvalue weighted by Gasteiger charge is -2.24. The normalized spacial score (nSPS) is 16.0. The molecule has 0 aliphatic carbocycles. The fourth-order valence-electron chi connectivity index (χ4n) is 3.32. The molecule has 2 amide bonds. The number of amides is 2. The van der Waals surface area contributed by atoms with Gasteiger partial charge in [0.05, 0.1) is 18.2 Å². The van der Waals surface area contributed by atoms with Gasteiger partial charge in [-0.3, -0.25) is 9.59 Å². The molecule has 7 heteroatoms. The van der Waals surface area contributed by atoms with Gasteiger partial charge in [0.1, 0.15) is 6.04 Å². The van der Waals surface area contributed by atoms with Crippen LogP contribution in [0.2, 0.25) is 0 Å². The number of likely N-dealkylation sites (tertiary alicyclic amines) is 1. The molecule has 2 aromatic rings. The van der Waals surface area contributed by atoms with E-state index < -0.39 is 6.04 Å². The van der Waals surface area contributed by atoms with Crippen LogP contribution in [0.15, 0.2) is 46.9 Å². The second-order valence-electron chi connectivity index (χ2n) is 6.43. The smallest absolute Gasteiger partial charge is 0.254 e. The standard InChI is InChI=1S/C21H23BrN2O4/c1-3-28-19-16(22)12-14(13-18(19)27-2)21(26)24-11-7-10-17(24)20(25)23-15-8-5-4-6-9-15/h4-6,8-9,12-13,17H,3,7,10-11H2,1-2H3,(H,23,25). The lowest BCUT2D eigenvalue weighted by atomic mass is 10.1. The maximum Gasteiger partial charge on any atom is 0.254 e. The van der Waals surface area contributed by atoms with Gasteiger partial charge in [-0.1, -0.05) is 18.2 Å². The Morgan fingerprint density at radius 3 is 2.68 bits per heavy atom. The van der Waals surface area contributed by atoms with Crippen LogP contribution in [0.3, 0.4) is 0 Å². The Bertz CT molecular complexity index is 857. The number of nitrogens with zero attached hydrogens (tertiary/aromatic N) is 1. The quantitative estimate of drug-likeness (QED) is 0.724. The van der Waals surface area contributed by atoms with Gasteiger partial charge in [0.25, 0.3) is 5.91 Å². The van der Waals surface area contributed by atoms with Crippen molar-refractivity contribution in [3.05, 3.63) is 52.5 Å². The molecule has 1 aliphatic heterocycles. The summed E-state index contributed by atoms with van der Waals surface area (Å²) < 4.78 is 11.6. The molecule has 0 radical (unpaired) electrons. The summed E-state index contributed by atoms with van der Waals surface area (Å²) >= 11 is 3.45. The number of hydrogen-bond donors (Lipinski definition) is 1. The van der Waals surface area contributed by atoms with Gasteiger partial charge in [-0.15, -0.1) is 0 Å². The van der Waals surface area contributed by atoms with Crippen molar-refractivity contribution >= 4 is 33.4 Å². The molecule has 1 unspecified atom stereocenters. The Labute approximate surface area is 172 Å². The van der Waals surface area contributed by atoms with Crippen molar-refractivity contribution in [1.29, 1.82) is 0 Å². The maximum absolute atomic E-state index is 13.1. The molecule has 6 nitrogen and oxygen atoms in total. The topological polar surface area (TPSA) is 67.9 Å². The van der Waals surface area contributed by atoms with E-state index in [9.17, 15) is 9.59 Å². The number of halogens is 1. The third-order valence-electron chi connectivity index (χ3n) is 4.62.